The van der Waals surface area contributed by atoms with Crippen molar-refractivity contribution in [1.29, 1.82) is 0 Å². The van der Waals surface area contributed by atoms with Crippen molar-refractivity contribution in [2.45, 2.75) is 32.2 Å². The van der Waals surface area contributed by atoms with E-state index < -0.39 is 0 Å². The van der Waals surface area contributed by atoms with Crippen LogP contribution in [0.4, 0.5) is 0 Å². The zero-order chi connectivity index (χ0) is 13.7. The van der Waals surface area contributed by atoms with Crippen LogP contribution in [0.2, 0.25) is 0 Å². The summed E-state index contributed by atoms with van der Waals surface area (Å²) in [6.45, 7) is 4.52. The first-order valence-electron chi connectivity index (χ1n) is 6.96. The standard InChI is InChI=1S/C14H24N2O2S/c1-10(9-18-3)13(15-7-8-17-2)14-16-11-5-4-6-12(11)19-14/h10,13,15H,4-9H2,1-3H3. The maximum atomic E-state index is 5.30. The van der Waals surface area contributed by atoms with Gasteiger partial charge in [-0.3, -0.25) is 0 Å². The first-order valence-corrected chi connectivity index (χ1v) is 7.77. The fraction of sp³-hybridized carbons (Fsp3) is 0.786. The van der Waals surface area contributed by atoms with Gasteiger partial charge in [-0.05, 0) is 19.3 Å². The Balaban J connectivity index is 2.06. The molecule has 5 heteroatoms. The number of hydrogen-bond donors (Lipinski definition) is 1. The van der Waals surface area contributed by atoms with Crippen LogP contribution in [0.1, 0.15) is 35.0 Å². The predicted octanol–water partition coefficient (Wildman–Crippen LogP) is 2.19. The molecule has 2 atom stereocenters. The van der Waals surface area contributed by atoms with Crippen molar-refractivity contribution >= 4 is 11.3 Å². The molecule has 0 aliphatic heterocycles. The SMILES string of the molecule is COCCNC(c1nc2c(s1)CCC2)C(C)COC. The summed E-state index contributed by atoms with van der Waals surface area (Å²) in [6.07, 6.45) is 3.62. The van der Waals surface area contributed by atoms with E-state index in [4.69, 9.17) is 14.5 Å². The van der Waals surface area contributed by atoms with Crippen LogP contribution in [-0.4, -0.2) is 39.0 Å². The van der Waals surface area contributed by atoms with Crippen molar-refractivity contribution in [2.24, 2.45) is 5.92 Å². The zero-order valence-corrected chi connectivity index (χ0v) is 12.9. The first kappa shape index (κ1) is 14.9. The molecule has 1 aromatic rings. The molecule has 0 spiro atoms. The van der Waals surface area contributed by atoms with Crippen molar-refractivity contribution in [2.75, 3.05) is 34.0 Å². The van der Waals surface area contributed by atoms with E-state index >= 15 is 0 Å². The topological polar surface area (TPSA) is 43.4 Å². The Kier molecular flexibility index (Phi) is 5.76. The summed E-state index contributed by atoms with van der Waals surface area (Å²) in [5, 5.41) is 4.77. The number of nitrogens with one attached hydrogen (secondary N) is 1. The molecule has 19 heavy (non-hydrogen) atoms. The van der Waals surface area contributed by atoms with Crippen molar-refractivity contribution in [3.8, 4) is 0 Å². The van der Waals surface area contributed by atoms with Gasteiger partial charge in [-0.2, -0.15) is 0 Å². The van der Waals surface area contributed by atoms with Gasteiger partial charge in [0.15, 0.2) is 0 Å². The number of ether oxygens (including phenoxy) is 2. The highest BCUT2D eigenvalue weighted by molar-refractivity contribution is 7.11. The van der Waals surface area contributed by atoms with Crippen LogP contribution in [0.3, 0.4) is 0 Å². The number of fused-ring (bicyclic) bond motifs is 1. The van der Waals surface area contributed by atoms with Crippen LogP contribution in [0, 0.1) is 5.92 Å². The maximum absolute atomic E-state index is 5.30. The summed E-state index contributed by atoms with van der Waals surface area (Å²) in [5.74, 6) is 0.410. The second-order valence-electron chi connectivity index (χ2n) is 5.13. The van der Waals surface area contributed by atoms with Crippen molar-refractivity contribution in [3.05, 3.63) is 15.6 Å². The largest absolute Gasteiger partial charge is 0.384 e. The highest BCUT2D eigenvalue weighted by Gasteiger charge is 2.25. The van der Waals surface area contributed by atoms with Gasteiger partial charge in [0.25, 0.3) is 0 Å². The first-order chi connectivity index (χ1) is 9.26. The molecule has 1 aliphatic carbocycles. The Morgan fingerprint density at radius 3 is 2.84 bits per heavy atom. The molecule has 1 N–H and O–H groups in total. The lowest BCUT2D eigenvalue weighted by molar-refractivity contribution is 0.133. The summed E-state index contributed by atoms with van der Waals surface area (Å²) in [4.78, 5) is 6.32. The van der Waals surface area contributed by atoms with E-state index in [0.717, 1.165) is 26.2 Å². The van der Waals surface area contributed by atoms with Gasteiger partial charge < -0.3 is 14.8 Å². The minimum absolute atomic E-state index is 0.269. The molecule has 0 bridgehead atoms. The van der Waals surface area contributed by atoms with Gasteiger partial charge in [0, 0.05) is 31.6 Å². The number of rotatable bonds is 8. The molecule has 0 fully saturated rings. The number of aromatic nitrogens is 1. The lowest BCUT2D eigenvalue weighted by Crippen LogP contribution is -2.31. The number of aryl methyl sites for hydroxylation is 2. The fourth-order valence-electron chi connectivity index (χ4n) is 2.55. The van der Waals surface area contributed by atoms with Crippen LogP contribution in [0.25, 0.3) is 0 Å². The Labute approximate surface area is 119 Å². The molecule has 1 heterocycles. The molecule has 0 amide bonds. The minimum Gasteiger partial charge on any atom is -0.384 e. The molecule has 108 valence electrons. The Morgan fingerprint density at radius 1 is 1.32 bits per heavy atom. The molecule has 4 nitrogen and oxygen atoms in total. The third-order valence-corrected chi connectivity index (χ3v) is 4.79. The molecule has 1 aromatic heterocycles. The van der Waals surface area contributed by atoms with Crippen molar-refractivity contribution < 1.29 is 9.47 Å². The molecule has 0 saturated carbocycles. The molecule has 2 unspecified atom stereocenters. The lowest BCUT2D eigenvalue weighted by atomic mass is 10.0. The zero-order valence-electron chi connectivity index (χ0n) is 12.1. The number of nitrogens with zero attached hydrogens (tertiary/aromatic N) is 1. The molecule has 2 rings (SSSR count). The van der Waals surface area contributed by atoms with Crippen LogP contribution in [0.5, 0.6) is 0 Å². The smallest absolute Gasteiger partial charge is 0.110 e. The summed E-state index contributed by atoms with van der Waals surface area (Å²) >= 11 is 1.87. The molecule has 0 saturated heterocycles. The van der Waals surface area contributed by atoms with Crippen LogP contribution in [0.15, 0.2) is 0 Å². The van der Waals surface area contributed by atoms with Gasteiger partial charge in [-0.15, -0.1) is 11.3 Å². The van der Waals surface area contributed by atoms with E-state index in [-0.39, 0.29) is 6.04 Å². The average Bonchev–Trinajstić information content (AvgIpc) is 2.95. The summed E-state index contributed by atoms with van der Waals surface area (Å²) in [7, 11) is 3.48. The maximum Gasteiger partial charge on any atom is 0.110 e. The van der Waals surface area contributed by atoms with E-state index in [1.807, 2.05) is 11.3 Å². The predicted molar refractivity (Wildman–Crippen MR) is 77.8 cm³/mol. The third-order valence-electron chi connectivity index (χ3n) is 3.55. The highest BCUT2D eigenvalue weighted by Crippen LogP contribution is 2.33. The van der Waals surface area contributed by atoms with Gasteiger partial charge >= 0.3 is 0 Å². The van der Waals surface area contributed by atoms with Gasteiger partial charge in [0.1, 0.15) is 5.01 Å². The van der Waals surface area contributed by atoms with E-state index in [1.54, 1.807) is 14.2 Å². The number of methoxy groups -OCH3 is 2. The average molecular weight is 284 g/mol. The van der Waals surface area contributed by atoms with E-state index in [2.05, 4.69) is 12.2 Å². The summed E-state index contributed by atoms with van der Waals surface area (Å²) in [6, 6.07) is 0.269. The fourth-order valence-corrected chi connectivity index (χ4v) is 3.91. The lowest BCUT2D eigenvalue weighted by Gasteiger charge is -2.23. The van der Waals surface area contributed by atoms with E-state index in [9.17, 15) is 0 Å². The molecular formula is C14H24N2O2S. The van der Waals surface area contributed by atoms with E-state index in [1.165, 1.54) is 28.4 Å². The molecular weight excluding hydrogens is 260 g/mol. The monoisotopic (exact) mass is 284 g/mol. The second kappa shape index (κ2) is 7.33. The number of thiazole rings is 1. The summed E-state index contributed by atoms with van der Waals surface area (Å²) in [5.41, 5.74) is 1.32. The Hall–Kier alpha value is -0.490. The Morgan fingerprint density at radius 2 is 2.16 bits per heavy atom. The van der Waals surface area contributed by atoms with Crippen LogP contribution >= 0.6 is 11.3 Å². The molecule has 1 aliphatic rings. The highest BCUT2D eigenvalue weighted by atomic mass is 32.1. The van der Waals surface area contributed by atoms with Gasteiger partial charge in [-0.25, -0.2) is 4.98 Å². The normalized spacial score (nSPS) is 17.4. The third kappa shape index (κ3) is 3.75. The quantitative estimate of drug-likeness (QED) is 0.743. The number of hydrogen-bond acceptors (Lipinski definition) is 5. The van der Waals surface area contributed by atoms with Crippen molar-refractivity contribution in [3.63, 3.8) is 0 Å². The van der Waals surface area contributed by atoms with Gasteiger partial charge in [0.05, 0.1) is 24.9 Å². The molecule has 0 aromatic carbocycles. The van der Waals surface area contributed by atoms with Gasteiger partial charge in [-0.1, -0.05) is 6.92 Å². The minimum atomic E-state index is 0.269. The molecule has 0 radical (unpaired) electrons. The van der Waals surface area contributed by atoms with Crippen LogP contribution in [-0.2, 0) is 22.3 Å². The van der Waals surface area contributed by atoms with Crippen LogP contribution < -0.4 is 5.32 Å². The summed E-state index contributed by atoms with van der Waals surface area (Å²) < 4.78 is 10.4. The van der Waals surface area contributed by atoms with Crippen molar-refractivity contribution in [1.82, 2.24) is 10.3 Å². The van der Waals surface area contributed by atoms with E-state index in [0.29, 0.717) is 5.92 Å². The second-order valence-corrected chi connectivity index (χ2v) is 6.25. The van der Waals surface area contributed by atoms with Gasteiger partial charge in [0.2, 0.25) is 0 Å². The Bertz CT molecular complexity index is 373.